The predicted molar refractivity (Wildman–Crippen MR) is 110 cm³/mol. The first-order valence-corrected chi connectivity index (χ1v) is 10.6. The number of halogens is 2. The molecule has 3 heterocycles. The molecule has 4 rings (SSSR count). The van der Waals surface area contributed by atoms with Crippen LogP contribution in [0.5, 0.6) is 0 Å². The lowest BCUT2D eigenvalue weighted by atomic mass is 9.95. The second kappa shape index (κ2) is 8.20. The van der Waals surface area contributed by atoms with Crippen molar-refractivity contribution in [2.75, 3.05) is 40.3 Å². The van der Waals surface area contributed by atoms with E-state index in [1.54, 1.807) is 6.07 Å². The molecular formula is C21H28ClFN4O2. The summed E-state index contributed by atoms with van der Waals surface area (Å²) < 4.78 is 13.7. The Kier molecular flexibility index (Phi) is 5.82. The highest BCUT2D eigenvalue weighted by atomic mass is 35.5. The molecule has 158 valence electrons. The van der Waals surface area contributed by atoms with Gasteiger partial charge in [-0.25, -0.2) is 4.39 Å². The standard InChI is InChI=1S/C21H28ClFN4O2/c1-25(2)16-5-8-27(9-6-16)20(28)19-12-21(29-24-19)7-10-26(14-21)13-15-3-4-17(22)18(23)11-15/h3-4,11,16H,5-10,12-14H2,1-2H3/t21-/m0/s1. The summed E-state index contributed by atoms with van der Waals surface area (Å²) in [6.45, 7) is 3.67. The summed E-state index contributed by atoms with van der Waals surface area (Å²) in [4.78, 5) is 25.0. The molecule has 2 saturated heterocycles. The van der Waals surface area contributed by atoms with Crippen LogP contribution in [-0.2, 0) is 16.2 Å². The van der Waals surface area contributed by atoms with Crippen LogP contribution in [0.2, 0.25) is 5.02 Å². The average molecular weight is 423 g/mol. The van der Waals surface area contributed by atoms with Crippen molar-refractivity contribution in [1.29, 1.82) is 0 Å². The van der Waals surface area contributed by atoms with Crippen LogP contribution in [0.25, 0.3) is 0 Å². The van der Waals surface area contributed by atoms with E-state index in [0.29, 0.717) is 31.3 Å². The van der Waals surface area contributed by atoms with E-state index in [1.807, 2.05) is 11.0 Å². The molecule has 0 bridgehead atoms. The van der Waals surface area contributed by atoms with Crippen molar-refractivity contribution in [2.45, 2.75) is 43.9 Å². The monoisotopic (exact) mass is 422 g/mol. The zero-order valence-corrected chi connectivity index (χ0v) is 17.8. The van der Waals surface area contributed by atoms with E-state index < -0.39 is 11.4 Å². The van der Waals surface area contributed by atoms with Crippen molar-refractivity contribution >= 4 is 23.2 Å². The van der Waals surface area contributed by atoms with Crippen molar-refractivity contribution in [3.63, 3.8) is 0 Å². The molecular weight excluding hydrogens is 395 g/mol. The van der Waals surface area contributed by atoms with Crippen LogP contribution in [0.3, 0.4) is 0 Å². The fraction of sp³-hybridized carbons (Fsp3) is 0.619. The minimum absolute atomic E-state index is 0.0114. The summed E-state index contributed by atoms with van der Waals surface area (Å²) in [5.41, 5.74) is 0.980. The van der Waals surface area contributed by atoms with Crippen LogP contribution in [0.15, 0.2) is 23.4 Å². The quantitative estimate of drug-likeness (QED) is 0.748. The van der Waals surface area contributed by atoms with Gasteiger partial charge in [0.15, 0.2) is 5.60 Å². The highest BCUT2D eigenvalue weighted by Gasteiger charge is 2.47. The second-order valence-corrected chi connectivity index (χ2v) is 9.09. The zero-order chi connectivity index (χ0) is 20.6. The smallest absolute Gasteiger partial charge is 0.271 e. The largest absolute Gasteiger partial charge is 0.387 e. The number of piperidine rings is 1. The molecule has 0 saturated carbocycles. The second-order valence-electron chi connectivity index (χ2n) is 8.69. The van der Waals surface area contributed by atoms with Gasteiger partial charge in [0.05, 0.1) is 5.02 Å². The zero-order valence-electron chi connectivity index (χ0n) is 17.0. The number of oxime groups is 1. The van der Waals surface area contributed by atoms with Crippen LogP contribution in [0.1, 0.15) is 31.2 Å². The van der Waals surface area contributed by atoms with Crippen LogP contribution in [-0.4, -0.2) is 78.2 Å². The molecule has 1 aromatic carbocycles. The molecule has 0 unspecified atom stereocenters. The number of carbonyl (C=O) groups excluding carboxylic acids is 1. The van der Waals surface area contributed by atoms with E-state index >= 15 is 0 Å². The van der Waals surface area contributed by atoms with Crippen LogP contribution >= 0.6 is 11.6 Å². The van der Waals surface area contributed by atoms with Gasteiger partial charge in [0.25, 0.3) is 5.91 Å². The van der Waals surface area contributed by atoms with Gasteiger partial charge in [-0.1, -0.05) is 22.8 Å². The summed E-state index contributed by atoms with van der Waals surface area (Å²) in [6, 6.07) is 5.44. The van der Waals surface area contributed by atoms with Crippen LogP contribution in [0, 0.1) is 5.82 Å². The Morgan fingerprint density at radius 2 is 2.10 bits per heavy atom. The summed E-state index contributed by atoms with van der Waals surface area (Å²) in [5.74, 6) is -0.387. The number of benzene rings is 1. The first-order chi connectivity index (χ1) is 13.8. The molecule has 0 aromatic heterocycles. The van der Waals surface area contributed by atoms with E-state index in [0.717, 1.165) is 44.5 Å². The van der Waals surface area contributed by atoms with Gasteiger partial charge in [-0.3, -0.25) is 9.69 Å². The number of carbonyl (C=O) groups is 1. The lowest BCUT2D eigenvalue weighted by Crippen LogP contribution is -2.47. The van der Waals surface area contributed by atoms with E-state index in [9.17, 15) is 9.18 Å². The number of nitrogens with zero attached hydrogens (tertiary/aromatic N) is 4. The topological polar surface area (TPSA) is 48.4 Å². The van der Waals surface area contributed by atoms with E-state index in [-0.39, 0.29) is 10.9 Å². The van der Waals surface area contributed by atoms with E-state index in [1.165, 1.54) is 6.07 Å². The molecule has 1 amide bonds. The van der Waals surface area contributed by atoms with Crippen molar-refractivity contribution in [2.24, 2.45) is 5.16 Å². The summed E-state index contributed by atoms with van der Waals surface area (Å²) >= 11 is 5.77. The molecule has 3 aliphatic heterocycles. The number of likely N-dealkylation sites (tertiary alicyclic amines) is 2. The van der Waals surface area contributed by atoms with Crippen LogP contribution < -0.4 is 0 Å². The van der Waals surface area contributed by atoms with Crippen molar-refractivity contribution in [3.8, 4) is 0 Å². The van der Waals surface area contributed by atoms with Gasteiger partial charge in [-0.15, -0.1) is 0 Å². The third-order valence-corrected chi connectivity index (χ3v) is 6.66. The van der Waals surface area contributed by atoms with Crippen molar-refractivity contribution in [3.05, 3.63) is 34.6 Å². The summed E-state index contributed by atoms with van der Waals surface area (Å²) in [7, 11) is 4.18. The van der Waals surface area contributed by atoms with Gasteiger partial charge in [0.2, 0.25) is 0 Å². The fourth-order valence-electron chi connectivity index (χ4n) is 4.58. The average Bonchev–Trinajstić information content (AvgIpc) is 3.31. The van der Waals surface area contributed by atoms with E-state index in [4.69, 9.17) is 16.4 Å². The molecule has 6 nitrogen and oxygen atoms in total. The molecule has 0 aliphatic carbocycles. The lowest BCUT2D eigenvalue weighted by molar-refractivity contribution is -0.125. The SMILES string of the molecule is CN(C)C1CCN(C(=O)C2=NO[C@@]3(CCN(Cc4ccc(Cl)c(F)c4)C3)C2)CC1. The first kappa shape index (κ1) is 20.6. The van der Waals surface area contributed by atoms with Crippen LogP contribution in [0.4, 0.5) is 4.39 Å². The van der Waals surface area contributed by atoms with Gasteiger partial charge in [0.1, 0.15) is 11.5 Å². The molecule has 1 aromatic rings. The Morgan fingerprint density at radius 3 is 2.79 bits per heavy atom. The van der Waals surface area contributed by atoms with Gasteiger partial charge in [-0.05, 0) is 44.6 Å². The molecule has 29 heavy (non-hydrogen) atoms. The lowest BCUT2D eigenvalue weighted by Gasteiger charge is -2.35. The Morgan fingerprint density at radius 1 is 1.34 bits per heavy atom. The molecule has 8 heteroatoms. The molecule has 1 spiro atoms. The van der Waals surface area contributed by atoms with Gasteiger partial charge < -0.3 is 14.6 Å². The Balaban J connectivity index is 1.31. The number of hydrogen-bond donors (Lipinski definition) is 0. The number of rotatable bonds is 4. The molecule has 0 N–H and O–H groups in total. The molecule has 0 radical (unpaired) electrons. The molecule has 1 atom stereocenters. The Labute approximate surface area is 176 Å². The maximum absolute atomic E-state index is 13.7. The summed E-state index contributed by atoms with van der Waals surface area (Å²) in [6.07, 6.45) is 3.34. The van der Waals surface area contributed by atoms with Gasteiger partial charge >= 0.3 is 0 Å². The minimum atomic E-state index is -0.433. The first-order valence-electron chi connectivity index (χ1n) is 10.2. The summed E-state index contributed by atoms with van der Waals surface area (Å²) in [5, 5.41) is 4.31. The minimum Gasteiger partial charge on any atom is -0.387 e. The molecule has 2 fully saturated rings. The van der Waals surface area contributed by atoms with Crippen molar-refractivity contribution < 1.29 is 14.0 Å². The maximum atomic E-state index is 13.7. The maximum Gasteiger partial charge on any atom is 0.271 e. The van der Waals surface area contributed by atoms with E-state index in [2.05, 4.69) is 29.1 Å². The van der Waals surface area contributed by atoms with Gasteiger partial charge in [0, 0.05) is 51.6 Å². The van der Waals surface area contributed by atoms with Crippen molar-refractivity contribution in [1.82, 2.24) is 14.7 Å². The third kappa shape index (κ3) is 4.42. The Bertz CT molecular complexity index is 810. The third-order valence-electron chi connectivity index (χ3n) is 6.35. The van der Waals surface area contributed by atoms with Gasteiger partial charge in [-0.2, -0.15) is 0 Å². The normalized spacial score (nSPS) is 25.7. The highest BCUT2D eigenvalue weighted by Crippen LogP contribution is 2.35. The highest BCUT2D eigenvalue weighted by molar-refractivity contribution is 6.39. The number of amides is 1. The fourth-order valence-corrected chi connectivity index (χ4v) is 4.70. The Hall–Kier alpha value is -1.70. The molecule has 3 aliphatic rings. The predicted octanol–water partition coefficient (Wildman–Crippen LogP) is 2.75. The number of hydrogen-bond acceptors (Lipinski definition) is 5.